The molecule has 0 bridgehead atoms. The van der Waals surface area contributed by atoms with E-state index in [0.717, 1.165) is 5.56 Å². The minimum Gasteiger partial charge on any atom is -0.493 e. The van der Waals surface area contributed by atoms with E-state index in [0.29, 0.717) is 17.1 Å². The van der Waals surface area contributed by atoms with Crippen molar-refractivity contribution in [1.29, 1.82) is 0 Å². The number of hydrogen-bond donors (Lipinski definition) is 0. The molecule has 0 saturated heterocycles. The predicted molar refractivity (Wildman–Crippen MR) is 85.3 cm³/mol. The third-order valence-electron chi connectivity index (χ3n) is 3.04. The normalized spacial score (nSPS) is 10.5. The minimum absolute atomic E-state index is 0.210. The van der Waals surface area contributed by atoms with Crippen molar-refractivity contribution in [2.45, 2.75) is 0 Å². The Balaban J connectivity index is 1.91. The molecule has 0 fully saturated rings. The number of hydrogen-bond acceptors (Lipinski definition) is 4. The lowest BCUT2D eigenvalue weighted by Crippen LogP contribution is -2.04. The van der Waals surface area contributed by atoms with Gasteiger partial charge in [0, 0.05) is 0 Å². The minimum atomic E-state index is -0.336. The molecule has 0 unspecified atom stereocenters. The predicted octanol–water partition coefficient (Wildman–Crippen LogP) is 3.57. The van der Waals surface area contributed by atoms with E-state index in [1.165, 1.54) is 0 Å². The van der Waals surface area contributed by atoms with Crippen molar-refractivity contribution in [2.75, 3.05) is 20.8 Å². The second kappa shape index (κ2) is 7.88. The van der Waals surface area contributed by atoms with Gasteiger partial charge in [-0.3, -0.25) is 0 Å². The third kappa shape index (κ3) is 4.12. The van der Waals surface area contributed by atoms with Crippen LogP contribution in [0.5, 0.6) is 11.5 Å². The SMILES string of the molecule is COc1ccc(/C=C/COC(=O)c2ccccc2)cc1OC. The lowest BCUT2D eigenvalue weighted by Gasteiger charge is -2.07. The molecule has 0 heterocycles. The van der Waals surface area contributed by atoms with Gasteiger partial charge in [-0.05, 0) is 35.9 Å². The van der Waals surface area contributed by atoms with Crippen LogP contribution in [0.1, 0.15) is 15.9 Å². The zero-order valence-corrected chi connectivity index (χ0v) is 12.6. The molecule has 2 rings (SSSR count). The molecule has 0 atom stereocenters. The summed E-state index contributed by atoms with van der Waals surface area (Å²) in [6.07, 6.45) is 3.64. The van der Waals surface area contributed by atoms with Gasteiger partial charge in [0.05, 0.1) is 19.8 Å². The van der Waals surface area contributed by atoms with Crippen molar-refractivity contribution in [2.24, 2.45) is 0 Å². The number of ether oxygens (including phenoxy) is 3. The molecule has 22 heavy (non-hydrogen) atoms. The lowest BCUT2D eigenvalue weighted by molar-refractivity contribution is 0.0550. The van der Waals surface area contributed by atoms with E-state index in [1.807, 2.05) is 30.3 Å². The van der Waals surface area contributed by atoms with Crippen molar-refractivity contribution in [3.8, 4) is 11.5 Å². The monoisotopic (exact) mass is 298 g/mol. The molecule has 0 amide bonds. The van der Waals surface area contributed by atoms with Crippen LogP contribution < -0.4 is 9.47 Å². The van der Waals surface area contributed by atoms with Gasteiger partial charge in [0.25, 0.3) is 0 Å². The Morgan fingerprint density at radius 1 is 1.00 bits per heavy atom. The standard InChI is InChI=1S/C18H18O4/c1-20-16-11-10-14(13-17(16)21-2)7-6-12-22-18(19)15-8-4-3-5-9-15/h3-11,13H,12H2,1-2H3/b7-6+. The van der Waals surface area contributed by atoms with E-state index in [1.54, 1.807) is 44.6 Å². The zero-order chi connectivity index (χ0) is 15.8. The Labute approximate surface area is 129 Å². The maximum atomic E-state index is 11.7. The summed E-state index contributed by atoms with van der Waals surface area (Å²) in [7, 11) is 3.18. The third-order valence-corrected chi connectivity index (χ3v) is 3.04. The molecule has 0 N–H and O–H groups in total. The number of methoxy groups -OCH3 is 2. The van der Waals surface area contributed by atoms with Crippen LogP contribution >= 0.6 is 0 Å². The van der Waals surface area contributed by atoms with Crippen molar-refractivity contribution >= 4 is 12.0 Å². The van der Waals surface area contributed by atoms with Crippen molar-refractivity contribution < 1.29 is 19.0 Å². The maximum Gasteiger partial charge on any atom is 0.338 e. The summed E-state index contributed by atoms with van der Waals surface area (Å²) in [6.45, 7) is 0.210. The van der Waals surface area contributed by atoms with E-state index in [4.69, 9.17) is 14.2 Å². The molecule has 0 aliphatic carbocycles. The smallest absolute Gasteiger partial charge is 0.338 e. The molecule has 0 aliphatic rings. The van der Waals surface area contributed by atoms with Gasteiger partial charge in [-0.25, -0.2) is 4.79 Å². The number of carbonyl (C=O) groups is 1. The number of benzene rings is 2. The average Bonchev–Trinajstić information content (AvgIpc) is 2.59. The highest BCUT2D eigenvalue weighted by Crippen LogP contribution is 2.27. The van der Waals surface area contributed by atoms with Gasteiger partial charge in [0.15, 0.2) is 11.5 Å². The summed E-state index contributed by atoms with van der Waals surface area (Å²) in [5.41, 5.74) is 1.48. The molecule has 0 saturated carbocycles. The Bertz CT molecular complexity index is 647. The quantitative estimate of drug-likeness (QED) is 0.765. The molecule has 0 aromatic heterocycles. The summed E-state index contributed by atoms with van der Waals surface area (Å²) in [5.74, 6) is 0.999. The van der Waals surface area contributed by atoms with Crippen LogP contribution in [0.15, 0.2) is 54.6 Å². The first-order valence-corrected chi connectivity index (χ1v) is 6.85. The second-order valence-electron chi connectivity index (χ2n) is 4.48. The number of esters is 1. The molecule has 0 spiro atoms. The Morgan fingerprint density at radius 2 is 1.73 bits per heavy atom. The molecule has 2 aromatic carbocycles. The van der Waals surface area contributed by atoms with Crippen LogP contribution in [0, 0.1) is 0 Å². The van der Waals surface area contributed by atoms with E-state index in [-0.39, 0.29) is 12.6 Å². The van der Waals surface area contributed by atoms with Gasteiger partial charge < -0.3 is 14.2 Å². The van der Waals surface area contributed by atoms with Crippen LogP contribution in [0.4, 0.5) is 0 Å². The van der Waals surface area contributed by atoms with Crippen molar-refractivity contribution in [1.82, 2.24) is 0 Å². The fourth-order valence-electron chi connectivity index (χ4n) is 1.92. The first kappa shape index (κ1) is 15.6. The van der Waals surface area contributed by atoms with E-state index < -0.39 is 0 Å². The highest BCUT2D eigenvalue weighted by Gasteiger charge is 2.04. The largest absolute Gasteiger partial charge is 0.493 e. The molecule has 0 aliphatic heterocycles. The summed E-state index contributed by atoms with van der Waals surface area (Å²) in [5, 5.41) is 0. The average molecular weight is 298 g/mol. The van der Waals surface area contributed by atoms with Gasteiger partial charge in [-0.1, -0.05) is 30.3 Å². The molecule has 0 radical (unpaired) electrons. The highest BCUT2D eigenvalue weighted by atomic mass is 16.5. The van der Waals surface area contributed by atoms with Crippen LogP contribution in [-0.2, 0) is 4.74 Å². The van der Waals surface area contributed by atoms with Gasteiger partial charge >= 0.3 is 5.97 Å². The van der Waals surface area contributed by atoms with Crippen LogP contribution in [0.3, 0.4) is 0 Å². The van der Waals surface area contributed by atoms with Crippen LogP contribution in [0.2, 0.25) is 0 Å². The second-order valence-corrected chi connectivity index (χ2v) is 4.48. The first-order valence-electron chi connectivity index (χ1n) is 6.85. The molecular weight excluding hydrogens is 280 g/mol. The Kier molecular flexibility index (Phi) is 5.60. The highest BCUT2D eigenvalue weighted by molar-refractivity contribution is 5.89. The molecule has 4 heteroatoms. The number of rotatable bonds is 6. The molecule has 4 nitrogen and oxygen atoms in total. The lowest BCUT2D eigenvalue weighted by atomic mass is 10.2. The molecular formula is C18H18O4. The van der Waals surface area contributed by atoms with E-state index in [9.17, 15) is 4.79 Å². The summed E-state index contributed by atoms with van der Waals surface area (Å²) < 4.78 is 15.6. The fraction of sp³-hybridized carbons (Fsp3) is 0.167. The van der Waals surface area contributed by atoms with Crippen molar-refractivity contribution in [3.05, 3.63) is 65.7 Å². The Morgan fingerprint density at radius 3 is 2.41 bits per heavy atom. The van der Waals surface area contributed by atoms with E-state index in [2.05, 4.69) is 0 Å². The topological polar surface area (TPSA) is 44.8 Å². The summed E-state index contributed by atoms with van der Waals surface area (Å²) in [6, 6.07) is 14.5. The number of carbonyl (C=O) groups excluding carboxylic acids is 1. The van der Waals surface area contributed by atoms with Crippen LogP contribution in [0.25, 0.3) is 6.08 Å². The van der Waals surface area contributed by atoms with Crippen molar-refractivity contribution in [3.63, 3.8) is 0 Å². The fourth-order valence-corrected chi connectivity index (χ4v) is 1.92. The van der Waals surface area contributed by atoms with E-state index >= 15 is 0 Å². The van der Waals surface area contributed by atoms with Gasteiger partial charge in [0.1, 0.15) is 6.61 Å². The first-order chi connectivity index (χ1) is 10.7. The summed E-state index contributed by atoms with van der Waals surface area (Å²) >= 11 is 0. The zero-order valence-electron chi connectivity index (χ0n) is 12.6. The maximum absolute atomic E-state index is 11.7. The molecule has 2 aromatic rings. The van der Waals surface area contributed by atoms with Gasteiger partial charge in [-0.15, -0.1) is 0 Å². The summed E-state index contributed by atoms with van der Waals surface area (Å²) in [4.78, 5) is 11.7. The molecule has 114 valence electrons. The van der Waals surface area contributed by atoms with Crippen LogP contribution in [-0.4, -0.2) is 26.8 Å². The van der Waals surface area contributed by atoms with Gasteiger partial charge in [-0.2, -0.15) is 0 Å². The van der Waals surface area contributed by atoms with Gasteiger partial charge in [0.2, 0.25) is 0 Å². The Hall–Kier alpha value is -2.75.